The Kier molecular flexibility index (Phi) is 6.84. The summed E-state index contributed by atoms with van der Waals surface area (Å²) in [7, 11) is 0. The molecule has 0 radical (unpaired) electrons. The zero-order valence-corrected chi connectivity index (χ0v) is 19.7. The highest BCUT2D eigenvalue weighted by molar-refractivity contribution is 6.32. The van der Waals surface area contributed by atoms with Crippen molar-refractivity contribution in [2.45, 2.75) is 46.6 Å². The Labute approximate surface area is 192 Å². The quantitative estimate of drug-likeness (QED) is 0.482. The predicted molar refractivity (Wildman–Crippen MR) is 125 cm³/mol. The summed E-state index contributed by atoms with van der Waals surface area (Å²) in [5.74, 6) is -1.08. The average Bonchev–Trinajstić information content (AvgIpc) is 3.06. The van der Waals surface area contributed by atoms with Gasteiger partial charge in [0.2, 0.25) is 0 Å². The van der Waals surface area contributed by atoms with E-state index in [0.29, 0.717) is 28.6 Å². The van der Waals surface area contributed by atoms with Gasteiger partial charge in [-0.3, -0.25) is 4.79 Å². The molecule has 0 fully saturated rings. The van der Waals surface area contributed by atoms with Crippen LogP contribution in [0.1, 0.15) is 54.9 Å². The maximum atomic E-state index is 13.4. The number of aryl methyl sites for hydroxylation is 1. The van der Waals surface area contributed by atoms with Gasteiger partial charge in [-0.05, 0) is 63.9 Å². The Morgan fingerprint density at radius 1 is 1.09 bits per heavy atom. The number of phenolic OH excluding ortho intramolecular Hbond substituents is 1. The molecule has 7 heteroatoms. The lowest BCUT2D eigenvalue weighted by Crippen LogP contribution is -2.36. The second-order valence-electron chi connectivity index (χ2n) is 7.64. The molecule has 6 nitrogen and oxygen atoms in total. The Morgan fingerprint density at radius 2 is 1.78 bits per heavy atom. The van der Waals surface area contributed by atoms with E-state index in [9.17, 15) is 14.7 Å². The zero-order valence-electron chi connectivity index (χ0n) is 19.0. The number of fused-ring (bicyclic) bond motifs is 1. The monoisotopic (exact) mass is 457 g/mol. The second kappa shape index (κ2) is 9.25. The molecule has 2 aromatic carbocycles. The first-order valence-corrected chi connectivity index (χ1v) is 11.1. The molecule has 3 rings (SSSR count). The SMILES string of the molecule is CCOC(=O)c1c(C)n(CC)c2cccc(C(C)(C(=O)OCC)c3ccc(Cl)c(O)c3)c12. The maximum Gasteiger partial charge on any atom is 0.340 e. The van der Waals surface area contributed by atoms with Gasteiger partial charge in [0.15, 0.2) is 0 Å². The lowest BCUT2D eigenvalue weighted by molar-refractivity contribution is -0.147. The first-order chi connectivity index (χ1) is 15.2. The minimum Gasteiger partial charge on any atom is -0.506 e. The van der Waals surface area contributed by atoms with Gasteiger partial charge in [0.1, 0.15) is 11.2 Å². The summed E-state index contributed by atoms with van der Waals surface area (Å²) in [6.07, 6.45) is 0. The van der Waals surface area contributed by atoms with Crippen LogP contribution in [0.15, 0.2) is 36.4 Å². The van der Waals surface area contributed by atoms with Gasteiger partial charge in [-0.2, -0.15) is 0 Å². The third-order valence-corrected chi connectivity index (χ3v) is 6.21. The van der Waals surface area contributed by atoms with Gasteiger partial charge in [0, 0.05) is 23.1 Å². The van der Waals surface area contributed by atoms with Gasteiger partial charge in [0.25, 0.3) is 0 Å². The van der Waals surface area contributed by atoms with Crippen molar-refractivity contribution in [1.82, 2.24) is 4.57 Å². The van der Waals surface area contributed by atoms with Crippen LogP contribution in [0.25, 0.3) is 10.9 Å². The molecule has 0 amide bonds. The molecule has 1 aromatic heterocycles. The summed E-state index contributed by atoms with van der Waals surface area (Å²) in [6.45, 7) is 10.2. The lowest BCUT2D eigenvalue weighted by Gasteiger charge is -2.29. The molecule has 0 saturated carbocycles. The van der Waals surface area contributed by atoms with E-state index in [1.165, 1.54) is 6.07 Å². The number of carbonyl (C=O) groups is 2. The van der Waals surface area contributed by atoms with Gasteiger partial charge in [-0.25, -0.2) is 4.79 Å². The van der Waals surface area contributed by atoms with E-state index < -0.39 is 17.4 Å². The third kappa shape index (κ3) is 3.73. The number of carbonyl (C=O) groups excluding carboxylic acids is 2. The summed E-state index contributed by atoms with van der Waals surface area (Å²) in [5.41, 5.74) is 1.78. The van der Waals surface area contributed by atoms with Gasteiger partial charge >= 0.3 is 11.9 Å². The molecule has 170 valence electrons. The molecule has 1 atom stereocenters. The molecular weight excluding hydrogens is 430 g/mol. The van der Waals surface area contributed by atoms with E-state index in [1.807, 2.05) is 36.6 Å². The van der Waals surface area contributed by atoms with Gasteiger partial charge in [0.05, 0.1) is 23.8 Å². The van der Waals surface area contributed by atoms with Crippen LogP contribution in [-0.2, 0) is 26.2 Å². The lowest BCUT2D eigenvalue weighted by atomic mass is 9.74. The summed E-state index contributed by atoms with van der Waals surface area (Å²) < 4.78 is 12.9. The first kappa shape index (κ1) is 23.7. The summed E-state index contributed by atoms with van der Waals surface area (Å²) >= 11 is 6.03. The van der Waals surface area contributed by atoms with Crippen molar-refractivity contribution < 1.29 is 24.2 Å². The molecule has 0 aliphatic heterocycles. The highest BCUT2D eigenvalue weighted by Gasteiger charge is 2.42. The number of halogens is 1. The van der Waals surface area contributed by atoms with E-state index in [-0.39, 0.29) is 24.0 Å². The van der Waals surface area contributed by atoms with E-state index in [1.54, 1.807) is 32.9 Å². The van der Waals surface area contributed by atoms with E-state index in [4.69, 9.17) is 21.1 Å². The molecule has 0 bridgehead atoms. The molecule has 0 spiro atoms. The van der Waals surface area contributed by atoms with E-state index in [0.717, 1.165) is 11.2 Å². The number of ether oxygens (including phenoxy) is 2. The molecule has 0 aliphatic rings. The number of aromatic hydroxyl groups is 1. The molecule has 1 N–H and O–H groups in total. The second-order valence-corrected chi connectivity index (χ2v) is 8.04. The van der Waals surface area contributed by atoms with E-state index >= 15 is 0 Å². The van der Waals surface area contributed by atoms with Gasteiger partial charge < -0.3 is 19.1 Å². The van der Waals surface area contributed by atoms with Crippen LogP contribution < -0.4 is 0 Å². The van der Waals surface area contributed by atoms with Crippen LogP contribution >= 0.6 is 11.6 Å². The molecular formula is C25H28ClNO5. The Hall–Kier alpha value is -2.99. The highest BCUT2D eigenvalue weighted by atomic mass is 35.5. The molecule has 0 aliphatic carbocycles. The summed E-state index contributed by atoms with van der Waals surface area (Å²) in [5, 5.41) is 11.1. The van der Waals surface area contributed by atoms with E-state index in [2.05, 4.69) is 0 Å². The van der Waals surface area contributed by atoms with Crippen LogP contribution in [0.3, 0.4) is 0 Å². The normalized spacial score (nSPS) is 13.1. The summed E-state index contributed by atoms with van der Waals surface area (Å²) in [4.78, 5) is 26.4. The predicted octanol–water partition coefficient (Wildman–Crippen LogP) is 5.37. The van der Waals surface area contributed by atoms with Crippen molar-refractivity contribution in [3.05, 3.63) is 63.8 Å². The van der Waals surface area contributed by atoms with Crippen molar-refractivity contribution in [1.29, 1.82) is 0 Å². The molecule has 3 aromatic rings. The third-order valence-electron chi connectivity index (χ3n) is 5.89. The highest BCUT2D eigenvalue weighted by Crippen LogP contribution is 2.42. The largest absolute Gasteiger partial charge is 0.506 e. The number of aromatic nitrogens is 1. The number of nitrogens with zero attached hydrogens (tertiary/aromatic N) is 1. The fourth-order valence-electron chi connectivity index (χ4n) is 4.28. The Morgan fingerprint density at radius 3 is 2.38 bits per heavy atom. The molecule has 1 unspecified atom stereocenters. The van der Waals surface area contributed by atoms with Crippen molar-refractivity contribution in [3.8, 4) is 5.75 Å². The standard InChI is InChI=1S/C25H28ClNO5/c1-6-27-15(4)21(23(29)31-7-2)22-17(10-9-11-19(22)27)25(5,24(30)32-8-3)16-12-13-18(26)20(28)14-16/h9-14,28H,6-8H2,1-5H3. The van der Waals surface area contributed by atoms with Crippen LogP contribution in [0.5, 0.6) is 5.75 Å². The fourth-order valence-corrected chi connectivity index (χ4v) is 4.40. The van der Waals surface area contributed by atoms with Crippen LogP contribution in [0.2, 0.25) is 5.02 Å². The average molecular weight is 458 g/mol. The zero-order chi connectivity index (χ0) is 23.6. The molecule has 32 heavy (non-hydrogen) atoms. The van der Waals surface area contributed by atoms with Crippen LogP contribution in [0, 0.1) is 6.92 Å². The number of rotatable bonds is 7. The van der Waals surface area contributed by atoms with Crippen molar-refractivity contribution in [2.75, 3.05) is 13.2 Å². The van der Waals surface area contributed by atoms with Crippen molar-refractivity contribution in [3.63, 3.8) is 0 Å². The van der Waals surface area contributed by atoms with Crippen molar-refractivity contribution in [2.24, 2.45) is 0 Å². The Balaban J connectivity index is 2.45. The number of phenols is 1. The maximum absolute atomic E-state index is 13.4. The number of benzene rings is 2. The van der Waals surface area contributed by atoms with Gasteiger partial charge in [-0.15, -0.1) is 0 Å². The number of hydrogen-bond acceptors (Lipinski definition) is 5. The number of hydrogen-bond donors (Lipinski definition) is 1. The number of esters is 2. The topological polar surface area (TPSA) is 77.8 Å². The van der Waals surface area contributed by atoms with Gasteiger partial charge in [-0.1, -0.05) is 29.8 Å². The van der Waals surface area contributed by atoms with Crippen LogP contribution in [0.4, 0.5) is 0 Å². The minimum absolute atomic E-state index is 0.139. The Bertz CT molecular complexity index is 1180. The fraction of sp³-hybridized carbons (Fsp3) is 0.360. The smallest absolute Gasteiger partial charge is 0.340 e. The van der Waals surface area contributed by atoms with Crippen LogP contribution in [-0.4, -0.2) is 34.8 Å². The first-order valence-electron chi connectivity index (χ1n) is 10.7. The molecule has 0 saturated heterocycles. The minimum atomic E-state index is -1.31. The molecule has 1 heterocycles. The summed E-state index contributed by atoms with van der Waals surface area (Å²) in [6, 6.07) is 10.3. The van der Waals surface area contributed by atoms with Crippen molar-refractivity contribution >= 4 is 34.4 Å².